The molecule has 0 N–H and O–H groups in total. The molecule has 1 saturated heterocycles. The summed E-state index contributed by atoms with van der Waals surface area (Å²) in [5.74, 6) is -0.0612. The molecule has 29 heavy (non-hydrogen) atoms. The maximum absolute atomic E-state index is 13.1. The van der Waals surface area contributed by atoms with Gasteiger partial charge in [-0.1, -0.05) is 23.9 Å². The van der Waals surface area contributed by atoms with Gasteiger partial charge >= 0.3 is 12.5 Å². The van der Waals surface area contributed by atoms with Gasteiger partial charge in [0.05, 0.1) is 13.2 Å². The number of hydrogen-bond acceptors (Lipinski definition) is 6. The van der Waals surface area contributed by atoms with Gasteiger partial charge in [-0.05, 0) is 17.7 Å². The first-order chi connectivity index (χ1) is 13.6. The van der Waals surface area contributed by atoms with Crippen LogP contribution in [0.4, 0.5) is 32.3 Å². The van der Waals surface area contributed by atoms with E-state index in [9.17, 15) is 26.3 Å². The summed E-state index contributed by atoms with van der Waals surface area (Å²) in [4.78, 5) is 1.68. The average molecular weight is 442 g/mol. The molecule has 0 aliphatic carbocycles. The summed E-state index contributed by atoms with van der Waals surface area (Å²) in [6, 6.07) is 5.09. The van der Waals surface area contributed by atoms with Crippen molar-refractivity contribution in [3.8, 4) is 5.75 Å². The molecular weight excluding hydrogens is 426 g/mol. The molecule has 0 radical (unpaired) electrons. The van der Waals surface area contributed by atoms with E-state index >= 15 is 0 Å². The molecule has 2 aromatic rings. The van der Waals surface area contributed by atoms with E-state index in [1.807, 2.05) is 0 Å². The third kappa shape index (κ3) is 6.42. The monoisotopic (exact) mass is 442 g/mol. The summed E-state index contributed by atoms with van der Waals surface area (Å²) in [6.45, 7) is 0.331. The Hall–Kier alpha value is -2.15. The minimum atomic E-state index is -4.79. The molecule has 160 valence electrons. The van der Waals surface area contributed by atoms with Crippen LogP contribution < -0.4 is 9.64 Å². The molecule has 1 aromatic heterocycles. The molecule has 13 heteroatoms. The summed E-state index contributed by atoms with van der Waals surface area (Å²) in [7, 11) is 0. The Morgan fingerprint density at radius 2 is 1.66 bits per heavy atom. The molecule has 1 aliphatic rings. The largest absolute Gasteiger partial charge is 0.573 e. The minimum Gasteiger partial charge on any atom is -0.406 e. The third-order valence-electron chi connectivity index (χ3n) is 3.85. The maximum Gasteiger partial charge on any atom is 0.573 e. The Bertz CT molecular complexity index is 803. The number of anilines is 1. The van der Waals surface area contributed by atoms with E-state index in [2.05, 4.69) is 14.9 Å². The molecule has 1 fully saturated rings. The summed E-state index contributed by atoms with van der Waals surface area (Å²) in [5.41, 5.74) is 0.596. The van der Waals surface area contributed by atoms with Crippen LogP contribution in [0, 0.1) is 0 Å². The molecule has 0 saturated carbocycles. The van der Waals surface area contributed by atoms with Gasteiger partial charge in [0.2, 0.25) is 5.95 Å². The molecule has 0 unspecified atom stereocenters. The number of thioether (sulfide) groups is 1. The average Bonchev–Trinajstić information content (AvgIpc) is 3.01. The van der Waals surface area contributed by atoms with Crippen LogP contribution in [-0.2, 0) is 17.0 Å². The summed E-state index contributed by atoms with van der Waals surface area (Å²) in [5, 5.41) is 7.85. The predicted molar refractivity (Wildman–Crippen MR) is 91.8 cm³/mol. The fourth-order valence-corrected chi connectivity index (χ4v) is 3.53. The van der Waals surface area contributed by atoms with Crippen LogP contribution in [0.3, 0.4) is 0 Å². The number of morpholine rings is 1. The standard InChI is InChI=1S/C16H16F6N4O2S/c17-15(18,19)10-26-13(25-5-7-27-8-6-25)23-24-14(26)29-9-11-1-3-12(4-2-11)28-16(20,21)22/h1-4H,5-10H2. The zero-order chi connectivity index (χ0) is 21.1. The number of hydrogen-bond donors (Lipinski definition) is 0. The molecule has 0 atom stereocenters. The number of benzene rings is 1. The number of nitrogens with zero attached hydrogens (tertiary/aromatic N) is 4. The molecule has 1 aromatic carbocycles. The molecule has 0 spiro atoms. The SMILES string of the molecule is FC(F)(F)Cn1c(SCc2ccc(OC(F)(F)F)cc2)nnc1N1CCOCC1. The second kappa shape index (κ2) is 8.69. The highest BCUT2D eigenvalue weighted by Crippen LogP contribution is 2.30. The van der Waals surface area contributed by atoms with Crippen LogP contribution in [0.15, 0.2) is 29.4 Å². The molecule has 0 amide bonds. The third-order valence-corrected chi connectivity index (χ3v) is 4.89. The van der Waals surface area contributed by atoms with Crippen molar-refractivity contribution in [1.29, 1.82) is 0 Å². The van der Waals surface area contributed by atoms with E-state index in [0.29, 0.717) is 31.9 Å². The molecule has 3 rings (SSSR count). The van der Waals surface area contributed by atoms with Gasteiger partial charge < -0.3 is 14.4 Å². The van der Waals surface area contributed by atoms with Crippen molar-refractivity contribution in [2.75, 3.05) is 31.2 Å². The van der Waals surface area contributed by atoms with Crippen LogP contribution in [-0.4, -0.2) is 53.6 Å². The molecule has 2 heterocycles. The lowest BCUT2D eigenvalue weighted by Gasteiger charge is -2.28. The van der Waals surface area contributed by atoms with Gasteiger partial charge in [0.1, 0.15) is 12.3 Å². The molecular formula is C16H16F6N4O2S. The Morgan fingerprint density at radius 1 is 1.00 bits per heavy atom. The fraction of sp³-hybridized carbons (Fsp3) is 0.500. The van der Waals surface area contributed by atoms with Crippen molar-refractivity contribution in [3.63, 3.8) is 0 Å². The molecule has 1 aliphatic heterocycles. The number of halogens is 6. The van der Waals surface area contributed by atoms with E-state index in [1.54, 1.807) is 4.90 Å². The highest BCUT2D eigenvalue weighted by molar-refractivity contribution is 7.98. The van der Waals surface area contributed by atoms with Crippen LogP contribution in [0.1, 0.15) is 5.56 Å². The van der Waals surface area contributed by atoms with Crippen molar-refractivity contribution in [2.24, 2.45) is 0 Å². The van der Waals surface area contributed by atoms with E-state index < -0.39 is 19.1 Å². The smallest absolute Gasteiger partial charge is 0.406 e. The Labute approximate surface area is 165 Å². The van der Waals surface area contributed by atoms with Gasteiger partial charge in [-0.15, -0.1) is 23.4 Å². The van der Waals surface area contributed by atoms with Crippen LogP contribution in [0.5, 0.6) is 5.75 Å². The van der Waals surface area contributed by atoms with Crippen molar-refractivity contribution in [3.05, 3.63) is 29.8 Å². The van der Waals surface area contributed by atoms with Gasteiger partial charge in [-0.3, -0.25) is 4.57 Å². The summed E-state index contributed by atoms with van der Waals surface area (Å²) >= 11 is 1.01. The number of aromatic nitrogens is 3. The topological polar surface area (TPSA) is 52.4 Å². The second-order valence-electron chi connectivity index (χ2n) is 6.06. The van der Waals surface area contributed by atoms with E-state index in [1.165, 1.54) is 12.1 Å². The van der Waals surface area contributed by atoms with Gasteiger partial charge in [0.25, 0.3) is 0 Å². The first kappa shape index (κ1) is 21.6. The molecule has 6 nitrogen and oxygen atoms in total. The highest BCUT2D eigenvalue weighted by atomic mass is 32.2. The van der Waals surface area contributed by atoms with Crippen LogP contribution >= 0.6 is 11.8 Å². The lowest BCUT2D eigenvalue weighted by Crippen LogP contribution is -2.38. The van der Waals surface area contributed by atoms with Gasteiger partial charge in [-0.2, -0.15) is 13.2 Å². The lowest BCUT2D eigenvalue weighted by molar-refractivity contribution is -0.274. The first-order valence-electron chi connectivity index (χ1n) is 8.41. The van der Waals surface area contributed by atoms with Gasteiger partial charge in [-0.25, -0.2) is 0 Å². The zero-order valence-electron chi connectivity index (χ0n) is 14.8. The quantitative estimate of drug-likeness (QED) is 0.500. The Kier molecular flexibility index (Phi) is 6.46. The van der Waals surface area contributed by atoms with Crippen molar-refractivity contribution >= 4 is 17.7 Å². The van der Waals surface area contributed by atoms with Crippen molar-refractivity contribution in [2.45, 2.75) is 30.0 Å². The lowest BCUT2D eigenvalue weighted by atomic mass is 10.2. The minimum absolute atomic E-state index is 0.0689. The van der Waals surface area contributed by atoms with E-state index in [0.717, 1.165) is 28.5 Å². The van der Waals surface area contributed by atoms with Crippen LogP contribution in [0.2, 0.25) is 0 Å². The highest BCUT2D eigenvalue weighted by Gasteiger charge is 2.33. The number of rotatable bonds is 6. The zero-order valence-corrected chi connectivity index (χ0v) is 15.6. The van der Waals surface area contributed by atoms with Gasteiger partial charge in [0.15, 0.2) is 5.16 Å². The normalized spacial score (nSPS) is 15.6. The van der Waals surface area contributed by atoms with E-state index in [-0.39, 0.29) is 22.6 Å². The van der Waals surface area contributed by atoms with Crippen molar-refractivity contribution in [1.82, 2.24) is 14.8 Å². The Morgan fingerprint density at radius 3 is 2.24 bits per heavy atom. The maximum atomic E-state index is 13.1. The summed E-state index contributed by atoms with van der Waals surface area (Å²) < 4.78 is 85.8. The van der Waals surface area contributed by atoms with Crippen LogP contribution in [0.25, 0.3) is 0 Å². The van der Waals surface area contributed by atoms with Crippen molar-refractivity contribution < 1.29 is 35.8 Å². The molecule has 0 bridgehead atoms. The number of alkyl halides is 6. The van der Waals surface area contributed by atoms with E-state index in [4.69, 9.17) is 4.74 Å². The number of ether oxygens (including phenoxy) is 2. The fourth-order valence-electron chi connectivity index (χ4n) is 2.64. The first-order valence-corrected chi connectivity index (χ1v) is 9.39. The predicted octanol–water partition coefficient (Wildman–Crippen LogP) is 3.87. The summed E-state index contributed by atoms with van der Waals surface area (Å²) in [6.07, 6.45) is -9.25. The Balaban J connectivity index is 1.72. The second-order valence-corrected chi connectivity index (χ2v) is 7.01. The van der Waals surface area contributed by atoms with Gasteiger partial charge in [0, 0.05) is 18.8 Å².